The molecule has 2 aromatic rings. The van der Waals surface area contributed by atoms with Crippen molar-refractivity contribution < 1.29 is 40.6 Å². The highest BCUT2D eigenvalue weighted by Gasteiger charge is 2.42. The summed E-state index contributed by atoms with van der Waals surface area (Å²) < 4.78 is 89.1. The summed E-state index contributed by atoms with van der Waals surface area (Å²) in [6.45, 7) is -0.0828. The van der Waals surface area contributed by atoms with Crippen molar-refractivity contribution in [1.29, 1.82) is 0 Å². The van der Waals surface area contributed by atoms with E-state index in [1.165, 1.54) is 7.11 Å². The van der Waals surface area contributed by atoms with Crippen LogP contribution in [0.25, 0.3) is 0 Å². The number of methoxy groups -OCH3 is 1. The van der Waals surface area contributed by atoms with Crippen LogP contribution in [0, 0.1) is 5.92 Å². The minimum absolute atomic E-state index is 0.0828. The van der Waals surface area contributed by atoms with Crippen molar-refractivity contribution in [3.63, 3.8) is 0 Å². The monoisotopic (exact) mass is 460 g/mol. The maximum absolute atomic E-state index is 13.1. The minimum atomic E-state index is -4.89. The highest BCUT2D eigenvalue weighted by molar-refractivity contribution is 5.74. The van der Waals surface area contributed by atoms with E-state index >= 15 is 0 Å². The first-order valence-corrected chi connectivity index (χ1v) is 10.0. The van der Waals surface area contributed by atoms with Crippen LogP contribution in [0.1, 0.15) is 41.0 Å². The average molecular weight is 460 g/mol. The second kappa shape index (κ2) is 9.52. The van der Waals surface area contributed by atoms with Crippen LogP contribution in [-0.4, -0.2) is 25.8 Å². The Hall–Kier alpha value is -2.55. The molecule has 0 amide bonds. The van der Waals surface area contributed by atoms with Crippen LogP contribution in [0.4, 0.5) is 26.3 Å². The Morgan fingerprint density at radius 3 is 2.06 bits per heavy atom. The molecule has 1 fully saturated rings. The van der Waals surface area contributed by atoms with Gasteiger partial charge in [0.2, 0.25) is 0 Å². The molecule has 32 heavy (non-hydrogen) atoms. The molecule has 0 bridgehead atoms. The zero-order valence-corrected chi connectivity index (χ0v) is 17.2. The molecule has 174 valence electrons. The first kappa shape index (κ1) is 24.1. The number of esters is 1. The standard InChI is InChI=1S/C23H22F6O3/c1-31-21(30)18-7-8-19(20(18)15-5-3-2-4-6-15)32-10-9-14-11-16(22(24,25)26)13-17(12-14)23(27,28)29/h2-6,11-13,18-20H,7-10H2,1H3. The third kappa shape index (κ3) is 5.62. The van der Waals surface area contributed by atoms with Crippen LogP contribution < -0.4 is 0 Å². The lowest BCUT2D eigenvalue weighted by molar-refractivity contribution is -0.146. The molecule has 3 rings (SSSR count). The topological polar surface area (TPSA) is 35.5 Å². The quantitative estimate of drug-likeness (QED) is 0.391. The number of halogens is 6. The Bertz CT molecular complexity index is 891. The number of hydrogen-bond acceptors (Lipinski definition) is 3. The number of alkyl halides is 6. The first-order chi connectivity index (χ1) is 15.0. The zero-order chi connectivity index (χ0) is 23.5. The molecule has 0 heterocycles. The van der Waals surface area contributed by atoms with Gasteiger partial charge in [0.15, 0.2) is 0 Å². The van der Waals surface area contributed by atoms with Gasteiger partial charge in [-0.2, -0.15) is 26.3 Å². The van der Waals surface area contributed by atoms with Crippen molar-refractivity contribution in [1.82, 2.24) is 0 Å². The van der Waals surface area contributed by atoms with Gasteiger partial charge in [-0.05, 0) is 48.6 Å². The normalized spacial score (nSPS) is 21.5. The van der Waals surface area contributed by atoms with E-state index in [4.69, 9.17) is 9.47 Å². The third-order valence-electron chi connectivity index (χ3n) is 5.65. The van der Waals surface area contributed by atoms with E-state index in [2.05, 4.69) is 0 Å². The van der Waals surface area contributed by atoms with E-state index < -0.39 is 35.5 Å². The van der Waals surface area contributed by atoms with Gasteiger partial charge in [0.1, 0.15) is 0 Å². The number of rotatable bonds is 6. The first-order valence-electron chi connectivity index (χ1n) is 10.0. The average Bonchev–Trinajstić information content (AvgIpc) is 3.16. The lowest BCUT2D eigenvalue weighted by Crippen LogP contribution is -2.26. The van der Waals surface area contributed by atoms with Crippen LogP contribution in [0.3, 0.4) is 0 Å². The van der Waals surface area contributed by atoms with E-state index in [0.717, 1.165) is 5.56 Å². The fourth-order valence-corrected chi connectivity index (χ4v) is 4.18. The number of carbonyl (C=O) groups excluding carboxylic acids is 1. The molecular weight excluding hydrogens is 438 g/mol. The van der Waals surface area contributed by atoms with Crippen LogP contribution in [-0.2, 0) is 33.0 Å². The number of benzene rings is 2. The van der Waals surface area contributed by atoms with Crippen molar-refractivity contribution in [2.24, 2.45) is 5.92 Å². The molecule has 3 unspecified atom stereocenters. The molecule has 0 aromatic heterocycles. The SMILES string of the molecule is COC(=O)C1CCC(OCCc2cc(C(F)(F)F)cc(C(F)(F)F)c2)C1c1ccccc1. The molecule has 1 aliphatic rings. The minimum Gasteiger partial charge on any atom is -0.469 e. The Morgan fingerprint density at radius 2 is 1.53 bits per heavy atom. The summed E-state index contributed by atoms with van der Waals surface area (Å²) in [5.41, 5.74) is -1.96. The maximum atomic E-state index is 13.1. The predicted octanol–water partition coefficient (Wildman–Crippen LogP) is 6.02. The molecule has 9 heteroatoms. The Morgan fingerprint density at radius 1 is 0.938 bits per heavy atom. The van der Waals surface area contributed by atoms with Gasteiger partial charge in [-0.25, -0.2) is 0 Å². The summed E-state index contributed by atoms with van der Waals surface area (Å²) in [5.74, 6) is -1.12. The molecule has 0 saturated heterocycles. The van der Waals surface area contributed by atoms with Crippen molar-refractivity contribution in [3.05, 3.63) is 70.8 Å². The zero-order valence-electron chi connectivity index (χ0n) is 17.2. The molecule has 1 saturated carbocycles. The van der Waals surface area contributed by atoms with Crippen molar-refractivity contribution in [3.8, 4) is 0 Å². The van der Waals surface area contributed by atoms with Crippen molar-refractivity contribution in [2.45, 2.75) is 43.6 Å². The second-order valence-corrected chi connectivity index (χ2v) is 7.72. The van der Waals surface area contributed by atoms with Gasteiger partial charge >= 0.3 is 18.3 Å². The van der Waals surface area contributed by atoms with Crippen LogP contribution >= 0.6 is 0 Å². The number of ether oxygens (including phenoxy) is 2. The van der Waals surface area contributed by atoms with Crippen molar-refractivity contribution >= 4 is 5.97 Å². The largest absolute Gasteiger partial charge is 0.469 e. The Balaban J connectivity index is 1.76. The summed E-state index contributed by atoms with van der Waals surface area (Å²) in [4.78, 5) is 12.2. The fourth-order valence-electron chi connectivity index (χ4n) is 4.18. The van der Waals surface area contributed by atoms with Gasteiger partial charge in [-0.1, -0.05) is 30.3 Å². The summed E-state index contributed by atoms with van der Waals surface area (Å²) in [5, 5.41) is 0. The molecule has 0 aliphatic heterocycles. The Kier molecular flexibility index (Phi) is 7.17. The van der Waals surface area contributed by atoms with Crippen LogP contribution in [0.2, 0.25) is 0 Å². The molecule has 1 aliphatic carbocycles. The summed E-state index contributed by atoms with van der Waals surface area (Å²) in [6, 6.07) is 10.7. The smallest absolute Gasteiger partial charge is 0.416 e. The summed E-state index contributed by atoms with van der Waals surface area (Å²) >= 11 is 0. The van der Waals surface area contributed by atoms with E-state index in [-0.39, 0.29) is 36.5 Å². The molecule has 0 N–H and O–H groups in total. The predicted molar refractivity (Wildman–Crippen MR) is 104 cm³/mol. The number of hydrogen-bond donors (Lipinski definition) is 0. The molecule has 0 spiro atoms. The molecular formula is C23H22F6O3. The van der Waals surface area contributed by atoms with E-state index in [9.17, 15) is 31.1 Å². The Labute approximate surface area is 181 Å². The molecule has 2 aromatic carbocycles. The summed E-state index contributed by atoms with van der Waals surface area (Å²) in [7, 11) is 1.30. The lowest BCUT2D eigenvalue weighted by Gasteiger charge is -2.24. The lowest BCUT2D eigenvalue weighted by atomic mass is 9.87. The van der Waals surface area contributed by atoms with Gasteiger partial charge in [0, 0.05) is 5.92 Å². The van der Waals surface area contributed by atoms with Gasteiger partial charge in [0.05, 0.1) is 36.9 Å². The fraction of sp³-hybridized carbons (Fsp3) is 0.435. The molecule has 0 radical (unpaired) electrons. The maximum Gasteiger partial charge on any atom is 0.416 e. The molecule has 3 nitrogen and oxygen atoms in total. The van der Waals surface area contributed by atoms with Gasteiger partial charge in [-0.15, -0.1) is 0 Å². The van der Waals surface area contributed by atoms with E-state index in [1.54, 1.807) is 0 Å². The van der Waals surface area contributed by atoms with Crippen LogP contribution in [0.5, 0.6) is 0 Å². The van der Waals surface area contributed by atoms with E-state index in [1.807, 2.05) is 30.3 Å². The summed E-state index contributed by atoms with van der Waals surface area (Å²) in [6.07, 6.45) is -9.29. The second-order valence-electron chi connectivity index (χ2n) is 7.72. The molecule has 3 atom stereocenters. The van der Waals surface area contributed by atoms with Crippen molar-refractivity contribution in [2.75, 3.05) is 13.7 Å². The number of carbonyl (C=O) groups is 1. The van der Waals surface area contributed by atoms with E-state index in [0.29, 0.717) is 25.0 Å². The third-order valence-corrected chi connectivity index (χ3v) is 5.65. The highest BCUT2D eigenvalue weighted by atomic mass is 19.4. The highest BCUT2D eigenvalue weighted by Crippen LogP contribution is 2.42. The van der Waals surface area contributed by atoms with Gasteiger partial charge < -0.3 is 9.47 Å². The van der Waals surface area contributed by atoms with Gasteiger partial charge in [0.25, 0.3) is 0 Å². The van der Waals surface area contributed by atoms with Crippen LogP contribution in [0.15, 0.2) is 48.5 Å². The van der Waals surface area contributed by atoms with Gasteiger partial charge in [-0.3, -0.25) is 4.79 Å².